The Morgan fingerprint density at radius 2 is 1.85 bits per heavy atom. The summed E-state index contributed by atoms with van der Waals surface area (Å²) in [5.74, 6) is 0.512. The molecule has 0 aliphatic carbocycles. The van der Waals surface area contributed by atoms with Gasteiger partial charge in [-0.3, -0.25) is 0 Å². The van der Waals surface area contributed by atoms with Crippen LogP contribution in [0.2, 0.25) is 0 Å². The molecule has 104 valence electrons. The minimum atomic E-state index is -0.927. The number of benzene rings is 2. The molecule has 3 nitrogen and oxygen atoms in total. The first kappa shape index (κ1) is 14.1. The Morgan fingerprint density at radius 1 is 1.15 bits per heavy atom. The van der Waals surface area contributed by atoms with Gasteiger partial charge < -0.3 is 9.84 Å². The number of hydrogen-bond donors (Lipinski definition) is 1. The van der Waals surface area contributed by atoms with Gasteiger partial charge in [0.25, 0.3) is 0 Å². The van der Waals surface area contributed by atoms with Crippen LogP contribution in [0.25, 0.3) is 0 Å². The van der Waals surface area contributed by atoms with Crippen molar-refractivity contribution in [3.05, 3.63) is 59.2 Å². The number of carboxylic acid groups (broad SMARTS) is 1. The van der Waals surface area contributed by atoms with E-state index in [1.54, 1.807) is 18.2 Å². The zero-order valence-corrected chi connectivity index (χ0v) is 11.7. The lowest BCUT2D eigenvalue weighted by Crippen LogP contribution is -1.97. The van der Waals surface area contributed by atoms with Crippen molar-refractivity contribution in [1.82, 2.24) is 0 Å². The van der Waals surface area contributed by atoms with E-state index < -0.39 is 5.97 Å². The van der Waals surface area contributed by atoms with Crippen molar-refractivity contribution in [2.45, 2.75) is 26.7 Å². The molecule has 20 heavy (non-hydrogen) atoms. The number of carbonyl (C=O) groups is 1. The second-order valence-electron chi connectivity index (χ2n) is 4.78. The van der Waals surface area contributed by atoms with Gasteiger partial charge in [-0.1, -0.05) is 25.5 Å². The average molecular weight is 270 g/mol. The minimum absolute atomic E-state index is 0.271. The summed E-state index contributed by atoms with van der Waals surface area (Å²) in [6.07, 6.45) is 2.18. The Kier molecular flexibility index (Phi) is 4.41. The number of rotatable bonds is 5. The Bertz CT molecular complexity index is 600. The fourth-order valence-corrected chi connectivity index (χ4v) is 2.04. The van der Waals surface area contributed by atoms with Crippen LogP contribution in [-0.2, 0) is 6.42 Å². The Labute approximate surface area is 118 Å². The third-order valence-corrected chi connectivity index (χ3v) is 3.11. The van der Waals surface area contributed by atoms with Gasteiger partial charge in [0.2, 0.25) is 0 Å². The van der Waals surface area contributed by atoms with E-state index in [1.807, 2.05) is 19.1 Å². The highest BCUT2D eigenvalue weighted by Crippen LogP contribution is 2.26. The summed E-state index contributed by atoms with van der Waals surface area (Å²) in [5.41, 5.74) is 2.37. The maximum Gasteiger partial charge on any atom is 0.335 e. The molecule has 0 unspecified atom stereocenters. The molecule has 0 fully saturated rings. The lowest BCUT2D eigenvalue weighted by atomic mass is 10.1. The molecule has 2 aromatic carbocycles. The van der Waals surface area contributed by atoms with Crippen molar-refractivity contribution >= 4 is 5.97 Å². The normalized spacial score (nSPS) is 10.3. The summed E-state index contributed by atoms with van der Waals surface area (Å²) < 4.78 is 5.78. The maximum atomic E-state index is 10.9. The first-order valence-electron chi connectivity index (χ1n) is 6.71. The summed E-state index contributed by atoms with van der Waals surface area (Å²) in [6.45, 7) is 3.99. The number of ether oxygens (including phenoxy) is 1. The smallest absolute Gasteiger partial charge is 0.335 e. The first-order valence-corrected chi connectivity index (χ1v) is 6.71. The highest BCUT2D eigenvalue weighted by Gasteiger charge is 2.07. The molecule has 0 aliphatic rings. The summed E-state index contributed by atoms with van der Waals surface area (Å²) >= 11 is 0. The van der Waals surface area contributed by atoms with E-state index in [0.29, 0.717) is 5.75 Å². The Hall–Kier alpha value is -2.29. The maximum absolute atomic E-state index is 10.9. The van der Waals surface area contributed by atoms with E-state index in [1.165, 1.54) is 5.56 Å². The number of hydrogen-bond acceptors (Lipinski definition) is 2. The van der Waals surface area contributed by atoms with E-state index in [0.717, 1.165) is 24.2 Å². The van der Waals surface area contributed by atoms with Crippen LogP contribution in [0.1, 0.15) is 34.8 Å². The van der Waals surface area contributed by atoms with E-state index >= 15 is 0 Å². The average Bonchev–Trinajstić information content (AvgIpc) is 2.43. The standard InChI is InChI=1S/C17H18O3/c1-3-4-13-5-8-15(9-6-13)20-16-10-7-14(17(18)19)11-12(16)2/h5-11H,3-4H2,1-2H3,(H,18,19). The van der Waals surface area contributed by atoms with Crippen molar-refractivity contribution < 1.29 is 14.6 Å². The van der Waals surface area contributed by atoms with Gasteiger partial charge in [0.05, 0.1) is 5.56 Å². The molecule has 0 heterocycles. The van der Waals surface area contributed by atoms with Crippen molar-refractivity contribution in [3.63, 3.8) is 0 Å². The molecule has 1 N–H and O–H groups in total. The van der Waals surface area contributed by atoms with Crippen LogP contribution in [0.3, 0.4) is 0 Å². The monoisotopic (exact) mass is 270 g/mol. The molecule has 0 aliphatic heterocycles. The summed E-state index contributed by atoms with van der Waals surface area (Å²) in [7, 11) is 0. The molecule has 0 amide bonds. The Morgan fingerprint density at radius 3 is 2.40 bits per heavy atom. The van der Waals surface area contributed by atoms with Gasteiger partial charge in [-0.05, 0) is 54.8 Å². The molecule has 2 aromatic rings. The van der Waals surface area contributed by atoms with E-state index in [4.69, 9.17) is 9.84 Å². The summed E-state index contributed by atoms with van der Waals surface area (Å²) in [4.78, 5) is 10.9. The van der Waals surface area contributed by atoms with Gasteiger partial charge in [0, 0.05) is 0 Å². The van der Waals surface area contributed by atoms with Crippen LogP contribution in [0, 0.1) is 6.92 Å². The first-order chi connectivity index (χ1) is 9.60. The van der Waals surface area contributed by atoms with Gasteiger partial charge >= 0.3 is 5.97 Å². The molecular weight excluding hydrogens is 252 g/mol. The molecule has 2 rings (SSSR count). The topological polar surface area (TPSA) is 46.5 Å². The third kappa shape index (κ3) is 3.38. The lowest BCUT2D eigenvalue weighted by Gasteiger charge is -2.10. The molecule has 3 heteroatoms. The Balaban J connectivity index is 2.15. The minimum Gasteiger partial charge on any atom is -0.478 e. The molecule has 0 radical (unpaired) electrons. The molecule has 0 aromatic heterocycles. The van der Waals surface area contributed by atoms with Crippen LogP contribution in [0.4, 0.5) is 0 Å². The van der Waals surface area contributed by atoms with Crippen molar-refractivity contribution in [2.75, 3.05) is 0 Å². The highest BCUT2D eigenvalue weighted by atomic mass is 16.5. The van der Waals surface area contributed by atoms with E-state index in [-0.39, 0.29) is 5.56 Å². The van der Waals surface area contributed by atoms with E-state index in [2.05, 4.69) is 19.1 Å². The van der Waals surface area contributed by atoms with Gasteiger partial charge in [-0.25, -0.2) is 4.79 Å². The number of carboxylic acids is 1. The predicted molar refractivity (Wildman–Crippen MR) is 78.6 cm³/mol. The third-order valence-electron chi connectivity index (χ3n) is 3.11. The lowest BCUT2D eigenvalue weighted by molar-refractivity contribution is 0.0697. The number of aromatic carboxylic acids is 1. The molecule has 0 bridgehead atoms. The van der Waals surface area contributed by atoms with Crippen molar-refractivity contribution in [2.24, 2.45) is 0 Å². The summed E-state index contributed by atoms with van der Waals surface area (Å²) in [5, 5.41) is 8.93. The van der Waals surface area contributed by atoms with Crippen molar-refractivity contribution in [1.29, 1.82) is 0 Å². The SMILES string of the molecule is CCCc1ccc(Oc2ccc(C(=O)O)cc2C)cc1. The van der Waals surface area contributed by atoms with Crippen LogP contribution < -0.4 is 4.74 Å². The summed E-state index contributed by atoms with van der Waals surface area (Å²) in [6, 6.07) is 12.8. The van der Waals surface area contributed by atoms with Crippen LogP contribution >= 0.6 is 0 Å². The predicted octanol–water partition coefficient (Wildman–Crippen LogP) is 4.44. The molecule has 0 atom stereocenters. The highest BCUT2D eigenvalue weighted by molar-refractivity contribution is 5.88. The van der Waals surface area contributed by atoms with Crippen LogP contribution in [-0.4, -0.2) is 11.1 Å². The van der Waals surface area contributed by atoms with E-state index in [9.17, 15) is 4.79 Å². The number of aryl methyl sites for hydroxylation is 2. The van der Waals surface area contributed by atoms with Gasteiger partial charge in [-0.2, -0.15) is 0 Å². The molecule has 0 saturated carbocycles. The van der Waals surface area contributed by atoms with Crippen LogP contribution in [0.15, 0.2) is 42.5 Å². The van der Waals surface area contributed by atoms with Gasteiger partial charge in [-0.15, -0.1) is 0 Å². The fourth-order valence-electron chi connectivity index (χ4n) is 2.04. The fraction of sp³-hybridized carbons (Fsp3) is 0.235. The second kappa shape index (κ2) is 6.24. The second-order valence-corrected chi connectivity index (χ2v) is 4.78. The molecular formula is C17H18O3. The van der Waals surface area contributed by atoms with Crippen molar-refractivity contribution in [3.8, 4) is 11.5 Å². The van der Waals surface area contributed by atoms with Crippen LogP contribution in [0.5, 0.6) is 11.5 Å². The largest absolute Gasteiger partial charge is 0.478 e. The van der Waals surface area contributed by atoms with Gasteiger partial charge in [0.15, 0.2) is 0 Å². The molecule has 0 saturated heterocycles. The molecule has 0 spiro atoms. The quantitative estimate of drug-likeness (QED) is 0.873. The van der Waals surface area contributed by atoms with Gasteiger partial charge in [0.1, 0.15) is 11.5 Å². The zero-order valence-electron chi connectivity index (χ0n) is 11.7. The zero-order chi connectivity index (χ0) is 14.5.